The molecule has 1 aliphatic heterocycles. The number of esters is 1. The van der Waals surface area contributed by atoms with Gasteiger partial charge in [-0.2, -0.15) is 0 Å². The van der Waals surface area contributed by atoms with Crippen LogP contribution in [0.5, 0.6) is 5.75 Å². The molecule has 0 bridgehead atoms. The Hall–Kier alpha value is -4.98. The number of pyridine rings is 1. The highest BCUT2D eigenvalue weighted by Gasteiger charge is 2.61. The number of urea groups is 1. The number of fused-ring (bicyclic) bond motifs is 2. The van der Waals surface area contributed by atoms with Crippen molar-refractivity contribution in [1.29, 1.82) is 0 Å². The lowest BCUT2D eigenvalue weighted by atomic mass is 10.0. The Morgan fingerprint density at radius 1 is 1.08 bits per heavy atom. The summed E-state index contributed by atoms with van der Waals surface area (Å²) < 4.78 is 38.5. The summed E-state index contributed by atoms with van der Waals surface area (Å²) in [5, 5.41) is 5.40. The van der Waals surface area contributed by atoms with Crippen molar-refractivity contribution in [2.24, 2.45) is 5.92 Å². The van der Waals surface area contributed by atoms with E-state index >= 15 is 0 Å². The lowest BCUT2D eigenvalue weighted by Crippen LogP contribution is -2.58. The van der Waals surface area contributed by atoms with Gasteiger partial charge in [-0.3, -0.25) is 14.3 Å². The number of hydrogen-bond donors (Lipinski definition) is 3. The number of carbonyl (C=O) groups excluding carboxylic acids is 4. The summed E-state index contributed by atoms with van der Waals surface area (Å²) in [6, 6.07) is 14.5. The van der Waals surface area contributed by atoms with Gasteiger partial charge < -0.3 is 25.0 Å². The van der Waals surface area contributed by atoms with Crippen LogP contribution in [0.25, 0.3) is 22.2 Å². The summed E-state index contributed by atoms with van der Waals surface area (Å²) in [4.78, 5) is 60.2. The molecule has 14 heteroatoms. The number of nitrogens with zero attached hydrogens (tertiary/aromatic N) is 2. The maximum Gasteiger partial charge on any atom is 0.338 e. The van der Waals surface area contributed by atoms with Crippen LogP contribution in [-0.4, -0.2) is 86.3 Å². The van der Waals surface area contributed by atoms with Gasteiger partial charge in [0, 0.05) is 42.9 Å². The third-order valence-corrected chi connectivity index (χ3v) is 11.2. The van der Waals surface area contributed by atoms with Gasteiger partial charge in [-0.1, -0.05) is 42.5 Å². The first kappa shape index (κ1) is 34.9. The molecule has 4 amide bonds. The van der Waals surface area contributed by atoms with Crippen LogP contribution >= 0.6 is 0 Å². The van der Waals surface area contributed by atoms with Crippen LogP contribution in [0.4, 0.5) is 4.79 Å². The van der Waals surface area contributed by atoms with Gasteiger partial charge in [-0.25, -0.2) is 23.0 Å². The molecule has 0 unspecified atom stereocenters. The third-order valence-electron chi connectivity index (χ3n) is 9.35. The zero-order chi connectivity index (χ0) is 35.5. The first-order valence-corrected chi connectivity index (χ1v) is 18.3. The molecule has 2 saturated carbocycles. The minimum Gasteiger partial charge on any atom is -0.497 e. The molecule has 3 aliphatic rings. The number of allylic oxidation sites excluding steroid dienone is 1. The molecule has 0 spiro atoms. The second kappa shape index (κ2) is 14.5. The molecule has 2 aliphatic carbocycles. The second-order valence-electron chi connectivity index (χ2n) is 13.0. The molecule has 264 valence electrons. The lowest BCUT2D eigenvalue weighted by molar-refractivity contribution is -0.130. The average Bonchev–Trinajstić information content (AvgIpc) is 4.05. The van der Waals surface area contributed by atoms with Crippen molar-refractivity contribution in [2.45, 2.75) is 61.8 Å². The van der Waals surface area contributed by atoms with E-state index in [4.69, 9.17) is 14.5 Å². The van der Waals surface area contributed by atoms with E-state index in [1.165, 1.54) is 4.90 Å². The monoisotopic (exact) mass is 703 g/mol. The number of sulfonamides is 1. The summed E-state index contributed by atoms with van der Waals surface area (Å²) in [6.45, 7) is 0.210. The van der Waals surface area contributed by atoms with Crippen LogP contribution in [0, 0.1) is 5.92 Å². The smallest absolute Gasteiger partial charge is 0.338 e. The number of rotatable bonds is 9. The summed E-state index contributed by atoms with van der Waals surface area (Å²) in [7, 11) is -0.705. The largest absolute Gasteiger partial charge is 0.497 e. The van der Waals surface area contributed by atoms with Gasteiger partial charge in [0.15, 0.2) is 0 Å². The number of methoxy groups -OCH3 is 1. The van der Waals surface area contributed by atoms with Crippen molar-refractivity contribution in [3.63, 3.8) is 0 Å². The molecule has 1 aromatic heterocycles. The Bertz CT molecular complexity index is 1930. The van der Waals surface area contributed by atoms with Crippen LogP contribution in [0.15, 0.2) is 66.7 Å². The van der Waals surface area contributed by atoms with Gasteiger partial charge in [-0.05, 0) is 56.7 Å². The molecule has 2 fully saturated rings. The molecule has 3 aromatic rings. The first-order valence-electron chi connectivity index (χ1n) is 16.8. The molecule has 6 rings (SSSR count). The minimum absolute atomic E-state index is 0.113. The van der Waals surface area contributed by atoms with Gasteiger partial charge in [0.2, 0.25) is 15.9 Å². The first-order chi connectivity index (χ1) is 24.0. The number of ether oxygens (including phenoxy) is 2. The molecule has 2 aromatic carbocycles. The van der Waals surface area contributed by atoms with Crippen LogP contribution < -0.4 is 20.1 Å². The fourth-order valence-corrected chi connectivity index (χ4v) is 7.44. The second-order valence-corrected chi connectivity index (χ2v) is 15.0. The predicted molar refractivity (Wildman–Crippen MR) is 186 cm³/mol. The Labute approximate surface area is 290 Å². The van der Waals surface area contributed by atoms with Gasteiger partial charge in [0.25, 0.3) is 5.91 Å². The molecular weight excluding hydrogens is 662 g/mol. The van der Waals surface area contributed by atoms with Crippen LogP contribution in [0.3, 0.4) is 0 Å². The molecule has 2 heterocycles. The van der Waals surface area contributed by atoms with E-state index < -0.39 is 56.6 Å². The Morgan fingerprint density at radius 2 is 1.86 bits per heavy atom. The Balaban J connectivity index is 1.22. The molecule has 50 heavy (non-hydrogen) atoms. The zero-order valence-corrected chi connectivity index (χ0v) is 28.8. The maximum absolute atomic E-state index is 13.8. The molecule has 13 nitrogen and oxygen atoms in total. The number of benzene rings is 2. The third kappa shape index (κ3) is 7.75. The number of carbonyl (C=O) groups is 4. The van der Waals surface area contributed by atoms with Gasteiger partial charge >= 0.3 is 12.0 Å². The predicted octanol–water partition coefficient (Wildman–Crippen LogP) is 3.69. The van der Waals surface area contributed by atoms with E-state index in [9.17, 15) is 27.6 Å². The Kier molecular flexibility index (Phi) is 10.1. The van der Waals surface area contributed by atoms with Crippen LogP contribution in [-0.2, 0) is 24.3 Å². The van der Waals surface area contributed by atoms with Crippen molar-refractivity contribution in [2.75, 3.05) is 27.3 Å². The van der Waals surface area contributed by atoms with Crippen LogP contribution in [0.2, 0.25) is 0 Å². The molecular formula is C36H41N5O8S. The number of nitrogens with one attached hydrogen (secondary N) is 3. The maximum atomic E-state index is 13.8. The summed E-state index contributed by atoms with van der Waals surface area (Å²) >= 11 is 0. The van der Waals surface area contributed by atoms with E-state index in [0.29, 0.717) is 48.2 Å². The van der Waals surface area contributed by atoms with Gasteiger partial charge in [-0.15, -0.1) is 0 Å². The van der Waals surface area contributed by atoms with E-state index in [1.807, 2.05) is 42.5 Å². The molecule has 3 N–H and O–H groups in total. The quantitative estimate of drug-likeness (QED) is 0.222. The highest BCUT2D eigenvalue weighted by atomic mass is 32.2. The van der Waals surface area contributed by atoms with Gasteiger partial charge in [0.1, 0.15) is 17.3 Å². The summed E-state index contributed by atoms with van der Waals surface area (Å²) in [5.41, 5.74) is 0.648. The van der Waals surface area contributed by atoms with Crippen molar-refractivity contribution in [3.8, 4) is 17.0 Å². The van der Waals surface area contributed by atoms with Crippen molar-refractivity contribution in [1.82, 2.24) is 25.2 Å². The standard InChI is InChI=1S/C36H41N5O8S/c1-41-18-9-4-3-8-12-24-22-36(24,34(44)40-50(46,47)26-14-15-26)39-32(42)29(38-35(41)45)17-19-49-33(43)28-21-30(23-10-6-5-7-11-23)37-31-20-25(48-2)13-16-27(28)31/h5-8,10-13,16,20-21,24,26,29H,3-4,9,14-15,17-19,22H2,1-2H3,(H,38,45)(H,39,42)(H,40,44)/t24-,29+,36-/m1/s1. The van der Waals surface area contributed by atoms with Crippen LogP contribution in [0.1, 0.15) is 55.3 Å². The highest BCUT2D eigenvalue weighted by molar-refractivity contribution is 7.91. The summed E-state index contributed by atoms with van der Waals surface area (Å²) in [6.07, 6.45) is 7.03. The number of hydrogen-bond acceptors (Lipinski definition) is 9. The lowest BCUT2D eigenvalue weighted by Gasteiger charge is -2.26. The zero-order valence-electron chi connectivity index (χ0n) is 28.0. The molecule has 3 atom stereocenters. The van der Waals surface area contributed by atoms with Crippen molar-refractivity contribution in [3.05, 3.63) is 72.3 Å². The Morgan fingerprint density at radius 3 is 2.60 bits per heavy atom. The topological polar surface area (TPSA) is 173 Å². The normalized spacial score (nSPS) is 22.8. The van der Waals surface area contributed by atoms with E-state index in [-0.39, 0.29) is 25.0 Å². The molecule has 0 saturated heterocycles. The van der Waals surface area contributed by atoms with Crippen molar-refractivity contribution >= 4 is 44.7 Å². The van der Waals surface area contributed by atoms with E-state index in [2.05, 4.69) is 15.4 Å². The highest BCUT2D eigenvalue weighted by Crippen LogP contribution is 2.45. The van der Waals surface area contributed by atoms with E-state index in [0.717, 1.165) is 18.4 Å². The van der Waals surface area contributed by atoms with E-state index in [1.54, 1.807) is 38.4 Å². The number of aromatic nitrogens is 1. The minimum atomic E-state index is -3.87. The fourth-order valence-electron chi connectivity index (χ4n) is 6.08. The number of amides is 4. The fraction of sp³-hybridized carbons (Fsp3) is 0.417. The van der Waals surface area contributed by atoms with Crippen molar-refractivity contribution < 1.29 is 37.1 Å². The SMILES string of the molecule is COc1ccc2c(C(=O)OCC[C@@H]3NC(=O)N(C)CCCCC=C[C@@H]4C[C@@]4(C(=O)NS(=O)(=O)C4CC4)NC3=O)cc(-c3ccccc3)nc2c1. The average molecular weight is 704 g/mol. The van der Waals surface area contributed by atoms with Gasteiger partial charge in [0.05, 0.1) is 35.7 Å². The summed E-state index contributed by atoms with van der Waals surface area (Å²) in [5.74, 6) is -2.00. The molecule has 0 radical (unpaired) electrons.